The van der Waals surface area contributed by atoms with E-state index in [9.17, 15) is 20.0 Å². The number of amides is 1. The van der Waals surface area contributed by atoms with E-state index in [0.717, 1.165) is 11.3 Å². The fourth-order valence-electron chi connectivity index (χ4n) is 4.07. The maximum atomic E-state index is 13.0. The standard InChI is InChI=1S/C23H24ClN7O4S/c1-4-9-35-15-11-31(23-29-18(19(36-23)22(33)34)20-26-6-8-30(20)3)7-5-14(15)28-21(32)17-13(10-25)16(24)12(2)27-17/h4,6,8,14-15,27H,1,5,7,9,11H2,2-3H3,(H,28,32)(H,33,34)/t14-,15+/m1/s1. The van der Waals surface area contributed by atoms with Gasteiger partial charge >= 0.3 is 5.97 Å². The molecule has 11 nitrogen and oxygen atoms in total. The molecule has 1 fully saturated rings. The number of nitrogens with one attached hydrogen (secondary N) is 2. The highest BCUT2D eigenvalue weighted by Gasteiger charge is 2.34. The predicted octanol–water partition coefficient (Wildman–Crippen LogP) is 2.98. The van der Waals surface area contributed by atoms with E-state index in [0.29, 0.717) is 41.9 Å². The molecule has 3 aromatic rings. The first-order valence-corrected chi connectivity index (χ1v) is 12.2. The summed E-state index contributed by atoms with van der Waals surface area (Å²) in [5.74, 6) is -1.07. The lowest BCUT2D eigenvalue weighted by atomic mass is 10.0. The number of aryl methyl sites for hydroxylation is 2. The minimum Gasteiger partial charge on any atom is -0.477 e. The van der Waals surface area contributed by atoms with Crippen LogP contribution in [0.2, 0.25) is 5.02 Å². The molecule has 3 N–H and O–H groups in total. The zero-order chi connectivity index (χ0) is 26.0. The summed E-state index contributed by atoms with van der Waals surface area (Å²) in [6, 6.07) is 1.61. The summed E-state index contributed by atoms with van der Waals surface area (Å²) in [6.07, 6.45) is 4.99. The van der Waals surface area contributed by atoms with E-state index >= 15 is 0 Å². The Morgan fingerprint density at radius 3 is 2.94 bits per heavy atom. The lowest BCUT2D eigenvalue weighted by Crippen LogP contribution is -2.55. The lowest BCUT2D eigenvalue weighted by molar-refractivity contribution is 0.0355. The number of nitriles is 1. The predicted molar refractivity (Wildman–Crippen MR) is 135 cm³/mol. The minimum atomic E-state index is -1.08. The van der Waals surface area contributed by atoms with Gasteiger partial charge in [0.1, 0.15) is 27.9 Å². The van der Waals surface area contributed by atoms with Crippen molar-refractivity contribution < 1.29 is 19.4 Å². The molecule has 2 atom stereocenters. The number of halogens is 1. The van der Waals surface area contributed by atoms with Crippen molar-refractivity contribution in [3.05, 3.63) is 51.9 Å². The quantitative estimate of drug-likeness (QED) is 0.377. The monoisotopic (exact) mass is 529 g/mol. The van der Waals surface area contributed by atoms with Crippen LogP contribution in [-0.4, -0.2) is 68.3 Å². The van der Waals surface area contributed by atoms with E-state index in [1.807, 2.05) is 11.0 Å². The van der Waals surface area contributed by atoms with Gasteiger partial charge in [0.2, 0.25) is 0 Å². The Morgan fingerprint density at radius 2 is 2.31 bits per heavy atom. The summed E-state index contributed by atoms with van der Waals surface area (Å²) in [5.41, 5.74) is 1.04. The molecule has 1 amide bonds. The van der Waals surface area contributed by atoms with Crippen LogP contribution >= 0.6 is 22.9 Å². The van der Waals surface area contributed by atoms with E-state index in [2.05, 4.69) is 26.8 Å². The van der Waals surface area contributed by atoms with E-state index in [1.54, 1.807) is 37.0 Å². The van der Waals surface area contributed by atoms with Crippen LogP contribution in [0.25, 0.3) is 11.5 Å². The molecule has 0 aromatic carbocycles. The van der Waals surface area contributed by atoms with Crippen LogP contribution in [0.4, 0.5) is 5.13 Å². The third-order valence-corrected chi connectivity index (χ3v) is 7.44. The average molecular weight is 530 g/mol. The molecule has 0 aliphatic carbocycles. The molecule has 0 saturated carbocycles. The summed E-state index contributed by atoms with van der Waals surface area (Å²) >= 11 is 7.21. The van der Waals surface area contributed by atoms with Crippen molar-refractivity contribution in [1.29, 1.82) is 5.26 Å². The summed E-state index contributed by atoms with van der Waals surface area (Å²) in [5, 5.41) is 22.9. The Bertz CT molecular complexity index is 1350. The van der Waals surface area contributed by atoms with Gasteiger partial charge in [0.25, 0.3) is 5.91 Å². The van der Waals surface area contributed by atoms with Gasteiger partial charge in [-0.25, -0.2) is 14.8 Å². The number of aromatic amines is 1. The molecule has 1 aliphatic rings. The van der Waals surface area contributed by atoms with Gasteiger partial charge in [-0.05, 0) is 13.3 Å². The normalized spacial score (nSPS) is 17.6. The third-order valence-electron chi connectivity index (χ3n) is 5.87. The van der Waals surface area contributed by atoms with Gasteiger partial charge in [0.15, 0.2) is 11.0 Å². The topological polar surface area (TPSA) is 149 Å². The number of hydrogen-bond donors (Lipinski definition) is 3. The Kier molecular flexibility index (Phi) is 7.44. The van der Waals surface area contributed by atoms with Crippen molar-refractivity contribution in [3.8, 4) is 17.6 Å². The van der Waals surface area contributed by atoms with Gasteiger partial charge in [-0.15, -0.1) is 6.58 Å². The van der Waals surface area contributed by atoms with E-state index < -0.39 is 18.0 Å². The van der Waals surface area contributed by atoms with Gasteiger partial charge in [-0.1, -0.05) is 29.0 Å². The molecular formula is C23H24ClN7O4S. The maximum Gasteiger partial charge on any atom is 0.348 e. The van der Waals surface area contributed by atoms with Gasteiger partial charge < -0.3 is 29.6 Å². The number of anilines is 1. The lowest BCUT2D eigenvalue weighted by Gasteiger charge is -2.38. The summed E-state index contributed by atoms with van der Waals surface area (Å²) < 4.78 is 7.68. The van der Waals surface area contributed by atoms with Crippen LogP contribution in [0.1, 0.15) is 37.8 Å². The van der Waals surface area contributed by atoms with Crippen molar-refractivity contribution in [2.75, 3.05) is 24.6 Å². The molecule has 0 bridgehead atoms. The van der Waals surface area contributed by atoms with Crippen LogP contribution in [0.5, 0.6) is 0 Å². The summed E-state index contributed by atoms with van der Waals surface area (Å²) in [7, 11) is 1.77. The summed E-state index contributed by atoms with van der Waals surface area (Å²) in [6.45, 7) is 6.51. The number of carboxylic acid groups (broad SMARTS) is 1. The number of aromatic nitrogens is 4. The second-order valence-electron chi connectivity index (χ2n) is 8.24. The molecule has 36 heavy (non-hydrogen) atoms. The number of ether oxygens (including phenoxy) is 1. The molecule has 1 aliphatic heterocycles. The number of imidazole rings is 1. The first-order chi connectivity index (χ1) is 17.2. The van der Waals surface area contributed by atoms with Crippen LogP contribution in [0, 0.1) is 18.3 Å². The second-order valence-corrected chi connectivity index (χ2v) is 9.60. The fraction of sp³-hybridized carbons (Fsp3) is 0.348. The number of H-pyrrole nitrogens is 1. The summed E-state index contributed by atoms with van der Waals surface area (Å²) in [4.78, 5) is 38.7. The third kappa shape index (κ3) is 4.86. The van der Waals surface area contributed by atoms with Crippen molar-refractivity contribution in [2.24, 2.45) is 7.05 Å². The van der Waals surface area contributed by atoms with Gasteiger partial charge in [0, 0.05) is 38.2 Å². The number of aromatic carboxylic acids is 1. The molecule has 0 unspecified atom stereocenters. The van der Waals surface area contributed by atoms with E-state index in [1.165, 1.54) is 0 Å². The van der Waals surface area contributed by atoms with Gasteiger partial charge in [-0.3, -0.25) is 4.79 Å². The number of carboxylic acids is 1. The molecule has 13 heteroatoms. The number of nitrogens with zero attached hydrogens (tertiary/aromatic N) is 5. The molecule has 3 aromatic heterocycles. The van der Waals surface area contributed by atoms with Crippen molar-refractivity contribution in [3.63, 3.8) is 0 Å². The van der Waals surface area contributed by atoms with E-state index in [-0.39, 0.29) is 33.8 Å². The number of hydrogen-bond acceptors (Lipinski definition) is 8. The molecular weight excluding hydrogens is 506 g/mol. The molecule has 188 valence electrons. The smallest absolute Gasteiger partial charge is 0.348 e. The largest absolute Gasteiger partial charge is 0.477 e. The Labute approximate surface area is 216 Å². The molecule has 1 saturated heterocycles. The zero-order valence-electron chi connectivity index (χ0n) is 19.6. The minimum absolute atomic E-state index is 0.0958. The van der Waals surface area contributed by atoms with Crippen LogP contribution in [0.3, 0.4) is 0 Å². The number of carbonyl (C=O) groups is 2. The SMILES string of the molecule is C=CCO[C@H]1CN(c2nc(-c3nccn3C)c(C(=O)O)s2)CC[C@H]1NC(=O)c1[nH]c(C)c(Cl)c1C#N. The van der Waals surface area contributed by atoms with Crippen molar-refractivity contribution >= 4 is 39.9 Å². The highest BCUT2D eigenvalue weighted by molar-refractivity contribution is 7.17. The molecule has 0 radical (unpaired) electrons. The number of thiazole rings is 1. The highest BCUT2D eigenvalue weighted by atomic mass is 35.5. The van der Waals surface area contributed by atoms with Gasteiger partial charge in [0.05, 0.1) is 23.8 Å². The van der Waals surface area contributed by atoms with Crippen molar-refractivity contribution in [2.45, 2.75) is 25.5 Å². The molecule has 0 spiro atoms. The first kappa shape index (κ1) is 25.4. The van der Waals surface area contributed by atoms with Crippen LogP contribution in [0.15, 0.2) is 25.0 Å². The highest BCUT2D eigenvalue weighted by Crippen LogP contribution is 2.34. The van der Waals surface area contributed by atoms with Crippen molar-refractivity contribution in [1.82, 2.24) is 24.8 Å². The van der Waals surface area contributed by atoms with Crippen LogP contribution < -0.4 is 10.2 Å². The second kappa shape index (κ2) is 10.5. The maximum absolute atomic E-state index is 13.0. The molecule has 4 rings (SSSR count). The fourth-order valence-corrected chi connectivity index (χ4v) is 5.19. The molecule has 4 heterocycles. The first-order valence-electron chi connectivity index (χ1n) is 11.0. The number of carbonyl (C=O) groups excluding carboxylic acids is 1. The Hall–Kier alpha value is -3.66. The van der Waals surface area contributed by atoms with E-state index in [4.69, 9.17) is 16.3 Å². The van der Waals surface area contributed by atoms with Gasteiger partial charge in [-0.2, -0.15) is 5.26 Å². The van der Waals surface area contributed by atoms with Crippen LogP contribution in [-0.2, 0) is 11.8 Å². The zero-order valence-corrected chi connectivity index (χ0v) is 21.2. The number of rotatable bonds is 8. The number of piperidine rings is 1. The Balaban J connectivity index is 1.56. The average Bonchev–Trinajstić information content (AvgIpc) is 3.55. The Morgan fingerprint density at radius 1 is 1.53 bits per heavy atom.